The molecule has 0 aliphatic heterocycles. The molecule has 14 heteroatoms. The molecule has 0 saturated heterocycles. The first-order chi connectivity index (χ1) is 25.3. The van der Waals surface area contributed by atoms with Gasteiger partial charge in [-0.3, -0.25) is 13.8 Å². The number of aliphatic hydroxyl groups excluding tert-OH is 7. The Bertz CT molecular complexity index is 1060. The molecule has 1 fully saturated rings. The quantitative estimate of drug-likeness (QED) is 0.0257. The third-order valence-electron chi connectivity index (χ3n) is 9.44. The van der Waals surface area contributed by atoms with E-state index in [9.17, 15) is 50.0 Å². The van der Waals surface area contributed by atoms with E-state index < -0.39 is 75.2 Å². The SMILES string of the molecule is CCC/C=C/CC/C=C/CC/C=C/C(O)C(COP(=O)(O)OC1C(O)C(O)C(O)C(O)C1O)NC(=O)CC(O)CCCCCCCCCCCCCC. The number of amides is 1. The van der Waals surface area contributed by atoms with Crippen LogP contribution in [0.15, 0.2) is 36.5 Å². The van der Waals surface area contributed by atoms with Gasteiger partial charge in [0.05, 0.1) is 31.3 Å². The van der Waals surface area contributed by atoms with E-state index in [0.29, 0.717) is 19.3 Å². The van der Waals surface area contributed by atoms with Crippen LogP contribution in [0.5, 0.6) is 0 Å². The number of allylic oxidation sites excluding steroid dienone is 5. The first-order valence-electron chi connectivity index (χ1n) is 20.0. The smallest absolute Gasteiger partial charge is 0.393 e. The monoisotopic (exact) mass is 777 g/mol. The lowest BCUT2D eigenvalue weighted by Crippen LogP contribution is -2.64. The Morgan fingerprint density at radius 3 is 1.62 bits per heavy atom. The Balaban J connectivity index is 2.67. The standard InChI is InChI=1S/C39H72NO12P/c1-3-5-7-9-11-13-15-17-18-20-22-24-26-30(41)28-33(43)40-31(32(42)27-25-23-21-19-16-14-12-10-8-6-4-2)29-51-53(49,50)52-39-37(47)35(45)34(44)36(46)38(39)48/h8,10,16,19,25,27,30-32,34-39,41-42,44-48H,3-7,9,11-15,17-18,20-24,26,28-29H2,1-2H3,(H,40,43)(H,49,50)/b10-8+,19-16+,27-25+. The first kappa shape index (κ1) is 49.5. The number of carbonyl (C=O) groups is 1. The predicted molar refractivity (Wildman–Crippen MR) is 206 cm³/mol. The molecule has 0 radical (unpaired) electrons. The molecule has 310 valence electrons. The maximum atomic E-state index is 12.9. The second-order valence-corrected chi connectivity index (χ2v) is 15.7. The Morgan fingerprint density at radius 1 is 0.660 bits per heavy atom. The second kappa shape index (κ2) is 29.8. The fourth-order valence-electron chi connectivity index (χ4n) is 6.10. The molecule has 1 aliphatic rings. The normalized spacial score (nSPS) is 25.2. The molecule has 13 nitrogen and oxygen atoms in total. The summed E-state index contributed by atoms with van der Waals surface area (Å²) in [4.78, 5) is 23.3. The van der Waals surface area contributed by atoms with Crippen molar-refractivity contribution in [3.05, 3.63) is 36.5 Å². The minimum absolute atomic E-state index is 0.255. The summed E-state index contributed by atoms with van der Waals surface area (Å²) in [6, 6.07) is -1.26. The number of unbranched alkanes of at least 4 members (excludes halogenated alkanes) is 14. The zero-order valence-electron chi connectivity index (χ0n) is 32.2. The highest BCUT2D eigenvalue weighted by Gasteiger charge is 2.51. The number of phosphoric acid groups is 1. The number of aliphatic hydroxyl groups is 7. The lowest BCUT2D eigenvalue weighted by molar-refractivity contribution is -0.220. The van der Waals surface area contributed by atoms with E-state index in [4.69, 9.17) is 9.05 Å². The topological polar surface area (TPSA) is 226 Å². The molecule has 1 amide bonds. The highest BCUT2D eigenvalue weighted by atomic mass is 31.2. The molecule has 0 aromatic rings. The fraction of sp³-hybridized carbons (Fsp3) is 0.821. The average molecular weight is 778 g/mol. The Labute approximate surface area is 317 Å². The van der Waals surface area contributed by atoms with E-state index in [-0.39, 0.29) is 6.42 Å². The van der Waals surface area contributed by atoms with Crippen molar-refractivity contribution in [2.75, 3.05) is 6.61 Å². The summed E-state index contributed by atoms with van der Waals surface area (Å²) in [5.41, 5.74) is 0. The average Bonchev–Trinajstić information content (AvgIpc) is 3.12. The molecule has 9 N–H and O–H groups in total. The van der Waals surface area contributed by atoms with Gasteiger partial charge in [0, 0.05) is 0 Å². The lowest BCUT2D eigenvalue weighted by atomic mass is 9.85. The molecule has 0 aromatic heterocycles. The van der Waals surface area contributed by atoms with Crippen molar-refractivity contribution in [2.45, 2.75) is 197 Å². The largest absolute Gasteiger partial charge is 0.472 e. The third kappa shape index (κ3) is 22.6. The summed E-state index contributed by atoms with van der Waals surface area (Å²) in [6.07, 6.45) is 16.9. The minimum Gasteiger partial charge on any atom is -0.393 e. The Kier molecular flexibility index (Phi) is 27.8. The van der Waals surface area contributed by atoms with E-state index in [1.54, 1.807) is 6.08 Å². The molecule has 0 bridgehead atoms. The van der Waals surface area contributed by atoms with Crippen LogP contribution in [0.4, 0.5) is 0 Å². The van der Waals surface area contributed by atoms with Gasteiger partial charge < -0.3 is 46.0 Å². The van der Waals surface area contributed by atoms with Gasteiger partial charge in [-0.2, -0.15) is 0 Å². The van der Waals surface area contributed by atoms with Gasteiger partial charge in [0.25, 0.3) is 0 Å². The van der Waals surface area contributed by atoms with Gasteiger partial charge in [0.15, 0.2) is 0 Å². The molecule has 8 unspecified atom stereocenters. The van der Waals surface area contributed by atoms with Crippen molar-refractivity contribution in [1.29, 1.82) is 0 Å². The summed E-state index contributed by atoms with van der Waals surface area (Å²) in [5.74, 6) is -0.611. The summed E-state index contributed by atoms with van der Waals surface area (Å²) in [6.45, 7) is 3.60. The molecule has 1 rings (SSSR count). The van der Waals surface area contributed by atoms with E-state index in [1.807, 2.05) is 6.08 Å². The first-order valence-corrected chi connectivity index (χ1v) is 21.5. The lowest BCUT2D eigenvalue weighted by Gasteiger charge is -2.41. The van der Waals surface area contributed by atoms with Crippen molar-refractivity contribution >= 4 is 13.7 Å². The molecular weight excluding hydrogens is 705 g/mol. The Morgan fingerprint density at radius 2 is 1.11 bits per heavy atom. The number of hydrogen-bond acceptors (Lipinski definition) is 11. The number of phosphoric ester groups is 1. The van der Waals surface area contributed by atoms with Crippen LogP contribution in [0.1, 0.15) is 142 Å². The van der Waals surface area contributed by atoms with Crippen LogP contribution in [0.3, 0.4) is 0 Å². The molecule has 0 aromatic carbocycles. The maximum absolute atomic E-state index is 12.9. The van der Waals surface area contributed by atoms with Gasteiger partial charge in [-0.15, -0.1) is 0 Å². The molecule has 1 aliphatic carbocycles. The highest BCUT2D eigenvalue weighted by molar-refractivity contribution is 7.47. The van der Waals surface area contributed by atoms with Crippen molar-refractivity contribution in [3.8, 4) is 0 Å². The maximum Gasteiger partial charge on any atom is 0.472 e. The van der Waals surface area contributed by atoms with Crippen molar-refractivity contribution < 1.29 is 59.0 Å². The van der Waals surface area contributed by atoms with Gasteiger partial charge in [-0.05, 0) is 38.5 Å². The number of carbonyl (C=O) groups excluding carboxylic acids is 1. The number of rotatable bonds is 31. The van der Waals surface area contributed by atoms with E-state index >= 15 is 0 Å². The van der Waals surface area contributed by atoms with Gasteiger partial charge >= 0.3 is 7.82 Å². The van der Waals surface area contributed by atoms with Gasteiger partial charge in [0.1, 0.15) is 36.6 Å². The number of nitrogens with one attached hydrogen (secondary N) is 1. The van der Waals surface area contributed by atoms with E-state index in [1.165, 1.54) is 57.4 Å². The van der Waals surface area contributed by atoms with Crippen LogP contribution in [-0.4, -0.2) is 108 Å². The van der Waals surface area contributed by atoms with Crippen molar-refractivity contribution in [2.24, 2.45) is 0 Å². The van der Waals surface area contributed by atoms with Crippen LogP contribution in [0.25, 0.3) is 0 Å². The summed E-state index contributed by atoms with van der Waals surface area (Å²) >= 11 is 0. The third-order valence-corrected chi connectivity index (χ3v) is 10.4. The predicted octanol–water partition coefficient (Wildman–Crippen LogP) is 5.02. The van der Waals surface area contributed by atoms with E-state index in [0.717, 1.165) is 51.4 Å². The minimum atomic E-state index is -5.14. The molecular formula is C39H72NO12P. The molecule has 0 spiro atoms. The summed E-state index contributed by atoms with van der Waals surface area (Å²) < 4.78 is 22.7. The second-order valence-electron chi connectivity index (χ2n) is 14.3. The van der Waals surface area contributed by atoms with Gasteiger partial charge in [0.2, 0.25) is 5.91 Å². The number of hydrogen-bond donors (Lipinski definition) is 9. The summed E-state index contributed by atoms with van der Waals surface area (Å²) in [7, 11) is -5.14. The molecule has 0 heterocycles. The van der Waals surface area contributed by atoms with Gasteiger partial charge in [-0.1, -0.05) is 134 Å². The van der Waals surface area contributed by atoms with Crippen LogP contribution >= 0.6 is 7.82 Å². The van der Waals surface area contributed by atoms with E-state index in [2.05, 4.69) is 37.4 Å². The van der Waals surface area contributed by atoms with Crippen LogP contribution in [0.2, 0.25) is 0 Å². The zero-order valence-corrected chi connectivity index (χ0v) is 33.1. The fourth-order valence-corrected chi connectivity index (χ4v) is 7.07. The zero-order chi connectivity index (χ0) is 39.5. The van der Waals surface area contributed by atoms with Gasteiger partial charge in [-0.25, -0.2) is 4.57 Å². The molecule has 53 heavy (non-hydrogen) atoms. The Hall–Kier alpha value is -1.48. The summed E-state index contributed by atoms with van der Waals surface area (Å²) in [5, 5.41) is 74.0. The van der Waals surface area contributed by atoms with Crippen LogP contribution in [-0.2, 0) is 18.4 Å². The van der Waals surface area contributed by atoms with Crippen molar-refractivity contribution in [1.82, 2.24) is 5.32 Å². The highest BCUT2D eigenvalue weighted by Crippen LogP contribution is 2.47. The van der Waals surface area contributed by atoms with Crippen LogP contribution in [0, 0.1) is 0 Å². The van der Waals surface area contributed by atoms with Crippen LogP contribution < -0.4 is 5.32 Å². The van der Waals surface area contributed by atoms with Crippen molar-refractivity contribution in [3.63, 3.8) is 0 Å². The molecule has 8 atom stereocenters. The molecule has 1 saturated carbocycles.